The number of aromatic amines is 1. The van der Waals surface area contributed by atoms with E-state index in [1.165, 1.54) is 4.90 Å². The number of rotatable bonds is 11. The van der Waals surface area contributed by atoms with Gasteiger partial charge in [-0.2, -0.15) is 0 Å². The molecule has 3 atom stereocenters. The number of primary amides is 1. The Morgan fingerprint density at radius 2 is 1.94 bits per heavy atom. The number of carboxylic acids is 1. The van der Waals surface area contributed by atoms with Crippen LogP contribution in [0.1, 0.15) is 31.2 Å². The van der Waals surface area contributed by atoms with Crippen molar-refractivity contribution >= 4 is 40.5 Å². The van der Waals surface area contributed by atoms with Crippen molar-refractivity contribution in [3.05, 3.63) is 36.0 Å². The fraction of sp³-hybridized carbons (Fsp3) is 0.435. The Bertz CT molecular complexity index is 1110. The van der Waals surface area contributed by atoms with Gasteiger partial charge >= 0.3 is 5.97 Å². The van der Waals surface area contributed by atoms with E-state index in [4.69, 9.17) is 11.5 Å². The summed E-state index contributed by atoms with van der Waals surface area (Å²) in [5.41, 5.74) is 13.0. The number of aromatic nitrogens is 1. The van der Waals surface area contributed by atoms with Crippen LogP contribution in [0.4, 0.5) is 0 Å². The van der Waals surface area contributed by atoms with Crippen LogP contribution in [-0.4, -0.2) is 75.8 Å². The van der Waals surface area contributed by atoms with E-state index in [-0.39, 0.29) is 25.8 Å². The van der Waals surface area contributed by atoms with Crippen LogP contribution >= 0.6 is 0 Å². The van der Waals surface area contributed by atoms with Gasteiger partial charge in [0.05, 0.1) is 12.6 Å². The highest BCUT2D eigenvalue weighted by Gasteiger charge is 2.37. The SMILES string of the molecule is NC(=O)CCC(NC(=O)CNC(=O)C(N)Cc1c[nH]c2ccccc12)C(=O)N1CCCC1C(=O)O. The number of hydrogen-bond donors (Lipinski definition) is 6. The summed E-state index contributed by atoms with van der Waals surface area (Å²) in [7, 11) is 0. The zero-order chi connectivity index (χ0) is 25.5. The summed E-state index contributed by atoms with van der Waals surface area (Å²) in [6.45, 7) is -0.207. The van der Waals surface area contributed by atoms with Crippen LogP contribution in [0.5, 0.6) is 0 Å². The zero-order valence-corrected chi connectivity index (χ0v) is 19.2. The highest BCUT2D eigenvalue weighted by atomic mass is 16.4. The number of benzene rings is 1. The van der Waals surface area contributed by atoms with E-state index in [9.17, 15) is 29.1 Å². The molecule has 3 unspecified atom stereocenters. The molecule has 1 aliphatic rings. The summed E-state index contributed by atoms with van der Waals surface area (Å²) in [6.07, 6.45) is 2.59. The molecule has 1 aromatic carbocycles. The first-order chi connectivity index (χ1) is 16.7. The third kappa shape index (κ3) is 6.57. The van der Waals surface area contributed by atoms with Gasteiger partial charge in [0.25, 0.3) is 0 Å². The predicted octanol–water partition coefficient (Wildman–Crippen LogP) is -1.02. The molecular formula is C23H30N6O6. The number of carbonyl (C=O) groups excluding carboxylic acids is 4. The van der Waals surface area contributed by atoms with E-state index in [1.54, 1.807) is 6.20 Å². The first kappa shape index (κ1) is 25.7. The van der Waals surface area contributed by atoms with E-state index < -0.39 is 54.3 Å². The van der Waals surface area contributed by atoms with Gasteiger partial charge < -0.3 is 37.1 Å². The first-order valence-electron chi connectivity index (χ1n) is 11.4. The second-order valence-corrected chi connectivity index (χ2v) is 8.54. The monoisotopic (exact) mass is 486 g/mol. The number of H-pyrrole nitrogens is 1. The number of nitrogens with two attached hydrogens (primary N) is 2. The Morgan fingerprint density at radius 1 is 1.20 bits per heavy atom. The maximum Gasteiger partial charge on any atom is 0.326 e. The molecule has 2 heterocycles. The molecule has 0 aliphatic carbocycles. The predicted molar refractivity (Wildman–Crippen MR) is 126 cm³/mol. The lowest BCUT2D eigenvalue weighted by atomic mass is 10.1. The molecule has 2 aromatic rings. The molecule has 0 bridgehead atoms. The third-order valence-corrected chi connectivity index (χ3v) is 6.01. The first-order valence-corrected chi connectivity index (χ1v) is 11.4. The molecule has 35 heavy (non-hydrogen) atoms. The minimum Gasteiger partial charge on any atom is -0.480 e. The Morgan fingerprint density at radius 3 is 2.66 bits per heavy atom. The molecule has 8 N–H and O–H groups in total. The number of nitrogens with one attached hydrogen (secondary N) is 3. The van der Waals surface area contributed by atoms with Crippen LogP contribution in [0.25, 0.3) is 10.9 Å². The second kappa shape index (κ2) is 11.5. The van der Waals surface area contributed by atoms with Gasteiger partial charge in [-0.25, -0.2) is 4.79 Å². The third-order valence-electron chi connectivity index (χ3n) is 6.01. The molecule has 1 aliphatic heterocycles. The van der Waals surface area contributed by atoms with E-state index in [0.29, 0.717) is 12.8 Å². The van der Waals surface area contributed by atoms with Gasteiger partial charge in [-0.1, -0.05) is 18.2 Å². The Hall–Kier alpha value is -3.93. The highest BCUT2D eigenvalue weighted by Crippen LogP contribution is 2.20. The van der Waals surface area contributed by atoms with Gasteiger partial charge in [-0.15, -0.1) is 0 Å². The fourth-order valence-corrected chi connectivity index (χ4v) is 4.21. The Labute approximate surface area is 201 Å². The van der Waals surface area contributed by atoms with Gasteiger partial charge in [-0.3, -0.25) is 19.2 Å². The van der Waals surface area contributed by atoms with Crippen molar-refractivity contribution < 1.29 is 29.1 Å². The summed E-state index contributed by atoms with van der Waals surface area (Å²) >= 11 is 0. The molecule has 0 radical (unpaired) electrons. The van der Waals surface area contributed by atoms with Crippen LogP contribution in [0.15, 0.2) is 30.5 Å². The number of para-hydroxylation sites is 1. The van der Waals surface area contributed by atoms with Gasteiger partial charge in [0, 0.05) is 30.1 Å². The standard InChI is InChI=1S/C23H30N6O6/c24-15(10-13-11-26-16-5-2-1-4-14(13)16)21(32)27-12-20(31)28-17(7-8-19(25)30)22(33)29-9-3-6-18(29)23(34)35/h1-2,4-5,11,15,17-18,26H,3,6-10,12,24H2,(H2,25,30)(H,27,32)(H,28,31)(H,34,35). The minimum absolute atomic E-state index is 0.0865. The van der Waals surface area contributed by atoms with Gasteiger partial charge in [0.1, 0.15) is 12.1 Å². The molecule has 12 heteroatoms. The van der Waals surface area contributed by atoms with Crippen molar-refractivity contribution in [1.82, 2.24) is 20.5 Å². The number of carboxylic acid groups (broad SMARTS) is 1. The summed E-state index contributed by atoms with van der Waals surface area (Å²) in [5, 5.41) is 15.2. The summed E-state index contributed by atoms with van der Waals surface area (Å²) in [4.78, 5) is 64.8. The van der Waals surface area contributed by atoms with Crippen LogP contribution in [0, 0.1) is 0 Å². The zero-order valence-electron chi connectivity index (χ0n) is 19.2. The van der Waals surface area contributed by atoms with E-state index in [0.717, 1.165) is 16.5 Å². The van der Waals surface area contributed by atoms with Crippen LogP contribution in [0.2, 0.25) is 0 Å². The summed E-state index contributed by atoms with van der Waals surface area (Å²) in [5.74, 6) is -3.62. The molecule has 3 rings (SSSR count). The highest BCUT2D eigenvalue weighted by molar-refractivity contribution is 5.93. The van der Waals surface area contributed by atoms with Crippen molar-refractivity contribution in [1.29, 1.82) is 0 Å². The van der Waals surface area contributed by atoms with Crippen LogP contribution < -0.4 is 22.1 Å². The van der Waals surface area contributed by atoms with Crippen molar-refractivity contribution in [3.63, 3.8) is 0 Å². The van der Waals surface area contributed by atoms with Gasteiger partial charge in [0.2, 0.25) is 23.6 Å². The number of hydrogen-bond acceptors (Lipinski definition) is 6. The Balaban J connectivity index is 1.56. The van der Waals surface area contributed by atoms with Crippen molar-refractivity contribution in [2.75, 3.05) is 13.1 Å². The smallest absolute Gasteiger partial charge is 0.326 e. The number of nitrogens with zero attached hydrogens (tertiary/aromatic N) is 1. The van der Waals surface area contributed by atoms with Crippen LogP contribution in [0.3, 0.4) is 0 Å². The number of carbonyl (C=O) groups is 5. The number of aliphatic carboxylic acids is 1. The number of amides is 4. The molecule has 0 saturated carbocycles. The van der Waals surface area contributed by atoms with E-state index in [1.807, 2.05) is 24.3 Å². The molecule has 1 fully saturated rings. The fourth-order valence-electron chi connectivity index (χ4n) is 4.21. The van der Waals surface area contributed by atoms with Crippen molar-refractivity contribution in [2.45, 2.75) is 50.2 Å². The van der Waals surface area contributed by atoms with E-state index >= 15 is 0 Å². The quantitative estimate of drug-likeness (QED) is 0.233. The lowest BCUT2D eigenvalue weighted by molar-refractivity contribution is -0.149. The second-order valence-electron chi connectivity index (χ2n) is 8.54. The molecule has 1 aromatic heterocycles. The molecule has 0 spiro atoms. The average molecular weight is 487 g/mol. The van der Waals surface area contributed by atoms with Gasteiger partial charge in [-0.05, 0) is 37.3 Å². The van der Waals surface area contributed by atoms with Gasteiger partial charge in [0.15, 0.2) is 0 Å². The number of fused-ring (bicyclic) bond motifs is 1. The van der Waals surface area contributed by atoms with Crippen LogP contribution in [-0.2, 0) is 30.4 Å². The molecule has 4 amide bonds. The van der Waals surface area contributed by atoms with Crippen molar-refractivity contribution in [2.24, 2.45) is 11.5 Å². The van der Waals surface area contributed by atoms with Crippen molar-refractivity contribution in [3.8, 4) is 0 Å². The summed E-state index contributed by atoms with van der Waals surface area (Å²) < 4.78 is 0. The topological polar surface area (TPSA) is 201 Å². The normalized spacial score (nSPS) is 17.1. The average Bonchev–Trinajstić information content (AvgIpc) is 3.47. The summed E-state index contributed by atoms with van der Waals surface area (Å²) in [6, 6.07) is 4.55. The molecule has 188 valence electrons. The largest absolute Gasteiger partial charge is 0.480 e. The maximum absolute atomic E-state index is 12.9. The lowest BCUT2D eigenvalue weighted by Gasteiger charge is -2.27. The van der Waals surface area contributed by atoms with E-state index in [2.05, 4.69) is 15.6 Å². The minimum atomic E-state index is -1.15. The number of likely N-dealkylation sites (tertiary alicyclic amines) is 1. The molecular weight excluding hydrogens is 456 g/mol. The lowest BCUT2D eigenvalue weighted by Crippen LogP contribution is -2.54. The molecule has 1 saturated heterocycles. The Kier molecular flexibility index (Phi) is 8.42. The molecule has 12 nitrogen and oxygen atoms in total. The maximum atomic E-state index is 12.9.